The molecule has 7 nitrogen and oxygen atoms in total. The van der Waals surface area contributed by atoms with E-state index in [1.54, 1.807) is 28.2 Å². The van der Waals surface area contributed by atoms with Gasteiger partial charge in [0.05, 0.1) is 13.2 Å². The molecule has 184 valence electrons. The van der Waals surface area contributed by atoms with Crippen LogP contribution in [0.4, 0.5) is 0 Å². The van der Waals surface area contributed by atoms with E-state index in [9.17, 15) is 9.59 Å². The Balaban J connectivity index is 1.52. The highest BCUT2D eigenvalue weighted by molar-refractivity contribution is 7.09. The molecule has 1 aromatic heterocycles. The van der Waals surface area contributed by atoms with Crippen LogP contribution in [0.3, 0.4) is 0 Å². The first-order valence-corrected chi connectivity index (χ1v) is 12.5. The predicted molar refractivity (Wildman–Crippen MR) is 135 cm³/mol. The number of ether oxygens (including phenoxy) is 3. The minimum absolute atomic E-state index is 0.0341. The van der Waals surface area contributed by atoms with E-state index >= 15 is 0 Å². The Morgan fingerprint density at radius 2 is 1.74 bits per heavy atom. The average Bonchev–Trinajstić information content (AvgIpc) is 3.57. The van der Waals surface area contributed by atoms with Crippen LogP contribution >= 0.6 is 11.3 Å². The Hall–Kier alpha value is -3.36. The minimum Gasteiger partial charge on any atom is -0.454 e. The highest BCUT2D eigenvalue weighted by atomic mass is 32.1. The number of methoxy groups -OCH3 is 1. The van der Waals surface area contributed by atoms with Crippen molar-refractivity contribution in [3.8, 4) is 11.5 Å². The first kappa shape index (κ1) is 24.8. The maximum atomic E-state index is 13.6. The van der Waals surface area contributed by atoms with Crippen molar-refractivity contribution in [3.63, 3.8) is 0 Å². The molecular formula is C27H30N2O5S. The van der Waals surface area contributed by atoms with Crippen LogP contribution < -0.4 is 9.47 Å². The first-order chi connectivity index (χ1) is 17.1. The maximum Gasteiger partial charge on any atom is 0.254 e. The third-order valence-electron chi connectivity index (χ3n) is 5.88. The highest BCUT2D eigenvalue weighted by Gasteiger charge is 2.24. The largest absolute Gasteiger partial charge is 0.454 e. The average molecular weight is 495 g/mol. The molecule has 2 amide bonds. The summed E-state index contributed by atoms with van der Waals surface area (Å²) in [5.74, 6) is 1.07. The molecule has 35 heavy (non-hydrogen) atoms. The number of aryl methyl sites for hydroxylation is 1. The number of nitrogens with zero attached hydrogens (tertiary/aromatic N) is 2. The number of thiophene rings is 1. The van der Waals surface area contributed by atoms with E-state index < -0.39 is 0 Å². The molecular weight excluding hydrogens is 464 g/mol. The number of hydrogen-bond acceptors (Lipinski definition) is 6. The molecule has 1 aliphatic heterocycles. The van der Waals surface area contributed by atoms with E-state index in [0.29, 0.717) is 43.3 Å². The summed E-state index contributed by atoms with van der Waals surface area (Å²) in [6.45, 7) is 3.77. The third kappa shape index (κ3) is 6.41. The summed E-state index contributed by atoms with van der Waals surface area (Å²) in [7, 11) is 1.59. The number of carbonyl (C=O) groups excluding carboxylic acids is 2. The van der Waals surface area contributed by atoms with Crippen LogP contribution in [-0.4, -0.2) is 55.2 Å². The zero-order valence-corrected chi connectivity index (χ0v) is 20.9. The smallest absolute Gasteiger partial charge is 0.254 e. The molecule has 2 aromatic carbocycles. The Bertz CT molecular complexity index is 1130. The van der Waals surface area contributed by atoms with Crippen molar-refractivity contribution in [1.82, 2.24) is 9.80 Å². The lowest BCUT2D eigenvalue weighted by molar-refractivity contribution is -0.133. The monoisotopic (exact) mass is 494 g/mol. The quantitative estimate of drug-likeness (QED) is 0.396. The highest BCUT2D eigenvalue weighted by Crippen LogP contribution is 2.33. The van der Waals surface area contributed by atoms with Gasteiger partial charge in [-0.15, -0.1) is 11.3 Å². The molecule has 2 heterocycles. The molecule has 0 aliphatic carbocycles. The normalized spacial score (nSPS) is 11.9. The van der Waals surface area contributed by atoms with Gasteiger partial charge in [-0.3, -0.25) is 9.59 Å². The summed E-state index contributed by atoms with van der Waals surface area (Å²) < 4.78 is 16.1. The number of hydrogen-bond donors (Lipinski definition) is 0. The Morgan fingerprint density at radius 1 is 0.971 bits per heavy atom. The molecule has 0 saturated carbocycles. The summed E-state index contributed by atoms with van der Waals surface area (Å²) in [6, 6.07) is 17.2. The van der Waals surface area contributed by atoms with Crippen LogP contribution in [0.15, 0.2) is 60.0 Å². The Kier molecular flexibility index (Phi) is 8.39. The van der Waals surface area contributed by atoms with Crippen molar-refractivity contribution >= 4 is 23.2 Å². The molecule has 4 rings (SSSR count). The summed E-state index contributed by atoms with van der Waals surface area (Å²) in [4.78, 5) is 31.3. The fourth-order valence-electron chi connectivity index (χ4n) is 3.87. The van der Waals surface area contributed by atoms with Crippen molar-refractivity contribution in [2.24, 2.45) is 0 Å². The fourth-order valence-corrected chi connectivity index (χ4v) is 4.58. The van der Waals surface area contributed by atoms with Gasteiger partial charge in [0.2, 0.25) is 12.7 Å². The molecule has 0 fully saturated rings. The predicted octanol–water partition coefficient (Wildman–Crippen LogP) is 4.36. The summed E-state index contributed by atoms with van der Waals surface area (Å²) in [6.07, 6.45) is 0.901. The van der Waals surface area contributed by atoms with Gasteiger partial charge in [0.25, 0.3) is 5.91 Å². The Morgan fingerprint density at radius 3 is 2.46 bits per heavy atom. The second-order valence-electron chi connectivity index (χ2n) is 8.29. The zero-order chi connectivity index (χ0) is 24.6. The zero-order valence-electron chi connectivity index (χ0n) is 20.1. The summed E-state index contributed by atoms with van der Waals surface area (Å²) in [5.41, 5.74) is 2.66. The van der Waals surface area contributed by atoms with Crippen molar-refractivity contribution in [3.05, 3.63) is 81.5 Å². The number of rotatable bonds is 11. The Labute approximate surface area is 209 Å². The van der Waals surface area contributed by atoms with Gasteiger partial charge in [0.1, 0.15) is 6.54 Å². The third-order valence-corrected chi connectivity index (χ3v) is 6.74. The van der Waals surface area contributed by atoms with Crippen LogP contribution in [0.1, 0.15) is 33.3 Å². The number of fused-ring (bicyclic) bond motifs is 1. The number of carbonyl (C=O) groups is 2. The van der Waals surface area contributed by atoms with E-state index in [1.807, 2.05) is 60.0 Å². The van der Waals surface area contributed by atoms with Crippen molar-refractivity contribution in [2.75, 3.05) is 33.6 Å². The van der Waals surface area contributed by atoms with E-state index in [0.717, 1.165) is 22.4 Å². The van der Waals surface area contributed by atoms with E-state index in [1.165, 1.54) is 0 Å². The van der Waals surface area contributed by atoms with Crippen LogP contribution in [-0.2, 0) is 29.0 Å². The minimum atomic E-state index is -0.183. The standard InChI is InChI=1S/C27H30N2O5S/c1-3-20-6-9-22(10-7-20)27(31)28(12-13-32-2)18-26(30)29(17-23-5-4-14-35-23)16-21-8-11-24-25(15-21)34-19-33-24/h4-11,14-15H,3,12-13,16-19H2,1-2H3. The maximum absolute atomic E-state index is 13.6. The molecule has 0 spiro atoms. The van der Waals surface area contributed by atoms with Gasteiger partial charge < -0.3 is 24.0 Å². The lowest BCUT2D eigenvalue weighted by Crippen LogP contribution is -2.43. The first-order valence-electron chi connectivity index (χ1n) is 11.6. The number of amides is 2. The van der Waals surface area contributed by atoms with Gasteiger partial charge in [0.15, 0.2) is 11.5 Å². The molecule has 0 radical (unpaired) electrons. The molecule has 1 aliphatic rings. The van der Waals surface area contributed by atoms with Crippen molar-refractivity contribution in [1.29, 1.82) is 0 Å². The molecule has 0 bridgehead atoms. The van der Waals surface area contributed by atoms with Crippen LogP contribution in [0.2, 0.25) is 0 Å². The van der Waals surface area contributed by atoms with Crippen LogP contribution in [0.25, 0.3) is 0 Å². The number of benzene rings is 2. The molecule has 3 aromatic rings. The molecule has 0 N–H and O–H groups in total. The lowest BCUT2D eigenvalue weighted by Gasteiger charge is -2.28. The molecule has 8 heteroatoms. The van der Waals surface area contributed by atoms with Crippen molar-refractivity contribution < 1.29 is 23.8 Å². The van der Waals surface area contributed by atoms with E-state index in [4.69, 9.17) is 14.2 Å². The second kappa shape index (κ2) is 11.9. The summed E-state index contributed by atoms with van der Waals surface area (Å²) >= 11 is 1.60. The van der Waals surface area contributed by atoms with Gasteiger partial charge in [-0.1, -0.05) is 31.2 Å². The van der Waals surface area contributed by atoms with Crippen LogP contribution in [0.5, 0.6) is 11.5 Å². The fraction of sp³-hybridized carbons (Fsp3) is 0.333. The van der Waals surface area contributed by atoms with E-state index in [-0.39, 0.29) is 25.2 Å². The van der Waals surface area contributed by atoms with Crippen molar-refractivity contribution in [2.45, 2.75) is 26.4 Å². The topological polar surface area (TPSA) is 68.3 Å². The SMILES string of the molecule is CCc1ccc(C(=O)N(CCOC)CC(=O)N(Cc2ccc3c(c2)OCO3)Cc2cccs2)cc1. The van der Waals surface area contributed by atoms with Gasteiger partial charge in [-0.25, -0.2) is 0 Å². The summed E-state index contributed by atoms with van der Waals surface area (Å²) in [5, 5.41) is 1.99. The molecule has 0 atom stereocenters. The van der Waals surface area contributed by atoms with Gasteiger partial charge in [0, 0.05) is 30.6 Å². The molecule has 0 saturated heterocycles. The lowest BCUT2D eigenvalue weighted by atomic mass is 10.1. The van der Waals surface area contributed by atoms with Crippen LogP contribution in [0, 0.1) is 0 Å². The van der Waals surface area contributed by atoms with Gasteiger partial charge >= 0.3 is 0 Å². The molecule has 0 unspecified atom stereocenters. The van der Waals surface area contributed by atoms with Gasteiger partial charge in [-0.2, -0.15) is 0 Å². The van der Waals surface area contributed by atoms with Gasteiger partial charge in [-0.05, 0) is 53.3 Å². The van der Waals surface area contributed by atoms with E-state index in [2.05, 4.69) is 6.92 Å². The second-order valence-corrected chi connectivity index (χ2v) is 9.32.